The molecular weight excluding hydrogens is 380 g/mol. The maximum Gasteiger partial charge on any atom is 0.231 e. The van der Waals surface area contributed by atoms with E-state index in [1.165, 1.54) is 21.7 Å². The van der Waals surface area contributed by atoms with Crippen LogP contribution in [0, 0.1) is 13.8 Å². The lowest BCUT2D eigenvalue weighted by atomic mass is 10.1. The van der Waals surface area contributed by atoms with Crippen LogP contribution >= 0.6 is 0 Å². The molecule has 156 valence electrons. The average molecular weight is 407 g/mol. The van der Waals surface area contributed by atoms with Crippen molar-refractivity contribution in [2.75, 3.05) is 37.9 Å². The largest absolute Gasteiger partial charge is 0.454 e. The molecule has 8 heteroatoms. The summed E-state index contributed by atoms with van der Waals surface area (Å²) in [5.41, 5.74) is 5.20. The number of fused-ring (bicyclic) bond motifs is 1. The molecule has 3 heterocycles. The highest BCUT2D eigenvalue weighted by Gasteiger charge is 2.24. The molecule has 1 saturated heterocycles. The van der Waals surface area contributed by atoms with E-state index in [0.717, 1.165) is 55.6 Å². The molecule has 1 N–H and O–H groups in total. The summed E-state index contributed by atoms with van der Waals surface area (Å²) in [4.78, 5) is 4.01. The van der Waals surface area contributed by atoms with E-state index >= 15 is 0 Å². The first kappa shape index (κ1) is 18.9. The highest BCUT2D eigenvalue weighted by atomic mass is 16.7. The molecule has 2 aliphatic rings. The van der Waals surface area contributed by atoms with Crippen molar-refractivity contribution < 1.29 is 14.4 Å². The summed E-state index contributed by atoms with van der Waals surface area (Å²) in [7, 11) is 0. The van der Waals surface area contributed by atoms with Gasteiger partial charge in [0.05, 0.1) is 32.7 Å². The number of rotatable bonds is 5. The Kier molecular flexibility index (Phi) is 5.00. The molecule has 30 heavy (non-hydrogen) atoms. The molecule has 3 aromatic rings. The Morgan fingerprint density at radius 1 is 1.03 bits per heavy atom. The number of aromatic nitrogens is 4. The molecule has 2 aromatic carbocycles. The van der Waals surface area contributed by atoms with Crippen molar-refractivity contribution in [1.82, 2.24) is 20.2 Å². The van der Waals surface area contributed by atoms with Gasteiger partial charge in [-0.05, 0) is 59.2 Å². The van der Waals surface area contributed by atoms with E-state index in [1.54, 1.807) is 0 Å². The average Bonchev–Trinajstić information content (AvgIpc) is 3.40. The Labute approximate surface area is 176 Å². The van der Waals surface area contributed by atoms with Gasteiger partial charge >= 0.3 is 0 Å². The molecule has 5 rings (SSSR count). The van der Waals surface area contributed by atoms with Gasteiger partial charge in [-0.25, -0.2) is 4.68 Å². The van der Waals surface area contributed by atoms with Crippen molar-refractivity contribution >= 4 is 5.69 Å². The van der Waals surface area contributed by atoms with Gasteiger partial charge in [0.1, 0.15) is 6.54 Å². The second-order valence-electron chi connectivity index (χ2n) is 8.07. The van der Waals surface area contributed by atoms with Gasteiger partial charge in [-0.15, -0.1) is 5.10 Å². The van der Waals surface area contributed by atoms with Gasteiger partial charge in [-0.3, -0.25) is 0 Å². The number of nitrogens with zero attached hydrogens (tertiary/aromatic N) is 5. The zero-order valence-corrected chi connectivity index (χ0v) is 17.5. The summed E-state index contributed by atoms with van der Waals surface area (Å²) in [6.45, 7) is 10.4. The minimum absolute atomic E-state index is 0.284. The van der Waals surface area contributed by atoms with Crippen molar-refractivity contribution in [1.29, 1.82) is 0 Å². The lowest BCUT2D eigenvalue weighted by Gasteiger charge is -2.34. The highest BCUT2D eigenvalue weighted by molar-refractivity contribution is 5.56. The topological polar surface area (TPSA) is 69.7 Å². The summed E-state index contributed by atoms with van der Waals surface area (Å²) in [5.74, 6) is 2.50. The van der Waals surface area contributed by atoms with Gasteiger partial charge in [0, 0.05) is 5.69 Å². The summed E-state index contributed by atoms with van der Waals surface area (Å²) < 4.78 is 12.8. The van der Waals surface area contributed by atoms with Crippen LogP contribution in [0.5, 0.6) is 11.5 Å². The second-order valence-corrected chi connectivity index (χ2v) is 8.07. The zero-order chi connectivity index (χ0) is 20.5. The molecule has 0 aliphatic carbocycles. The van der Waals surface area contributed by atoms with Gasteiger partial charge < -0.3 is 19.3 Å². The molecule has 0 amide bonds. The number of aryl methyl sites for hydroxylation is 1. The van der Waals surface area contributed by atoms with E-state index in [1.807, 2.05) is 22.9 Å². The van der Waals surface area contributed by atoms with Crippen LogP contribution in [0.15, 0.2) is 36.4 Å². The standard InChI is InChI=1S/C22H26N6O2/c1-16-4-3-5-19(17(16)2)27-10-8-26(9-11-27)14-22-23-24-25-28(22)13-18-6-7-20-21(12-18)30-15-29-20/h3-7,12H,8-11,13-15H2,1-2H3/p+1. The molecule has 0 radical (unpaired) electrons. The summed E-state index contributed by atoms with van der Waals surface area (Å²) in [6.07, 6.45) is 0. The zero-order valence-electron chi connectivity index (χ0n) is 17.5. The maximum absolute atomic E-state index is 5.48. The van der Waals surface area contributed by atoms with Crippen LogP contribution in [-0.2, 0) is 13.1 Å². The number of hydrogen-bond donors (Lipinski definition) is 1. The van der Waals surface area contributed by atoms with Gasteiger partial charge in [0.25, 0.3) is 0 Å². The molecule has 8 nitrogen and oxygen atoms in total. The third-order valence-corrected chi connectivity index (χ3v) is 6.17. The first-order chi connectivity index (χ1) is 14.7. The lowest BCUT2D eigenvalue weighted by molar-refractivity contribution is -0.915. The Balaban J connectivity index is 1.22. The molecule has 0 bridgehead atoms. The van der Waals surface area contributed by atoms with Crippen molar-refractivity contribution in [3.8, 4) is 11.5 Å². The van der Waals surface area contributed by atoms with Crippen molar-refractivity contribution in [2.24, 2.45) is 0 Å². The number of anilines is 1. The SMILES string of the molecule is Cc1cccc(N2CC[NH+](Cc3nnnn3Cc3ccc4c(c3)OCO4)CC2)c1C. The van der Waals surface area contributed by atoms with Crippen molar-refractivity contribution in [2.45, 2.75) is 26.9 Å². The van der Waals surface area contributed by atoms with Gasteiger partial charge in [0.2, 0.25) is 12.6 Å². The number of tetrazole rings is 1. The predicted molar refractivity (Wildman–Crippen MR) is 112 cm³/mol. The molecule has 0 spiro atoms. The fraction of sp³-hybridized carbons (Fsp3) is 0.409. The Hall–Kier alpha value is -3.13. The normalized spacial score (nSPS) is 16.3. The van der Waals surface area contributed by atoms with Gasteiger partial charge in [0.15, 0.2) is 11.5 Å². The Morgan fingerprint density at radius 3 is 2.73 bits per heavy atom. The van der Waals surface area contributed by atoms with Crippen LogP contribution in [0.4, 0.5) is 5.69 Å². The number of ether oxygens (including phenoxy) is 2. The first-order valence-corrected chi connectivity index (χ1v) is 10.5. The van der Waals surface area contributed by atoms with Gasteiger partial charge in [-0.1, -0.05) is 18.2 Å². The van der Waals surface area contributed by atoms with Crippen LogP contribution in [0.25, 0.3) is 0 Å². The minimum Gasteiger partial charge on any atom is -0.454 e. The number of quaternary nitrogens is 1. The fourth-order valence-electron chi connectivity index (χ4n) is 4.23. The quantitative estimate of drug-likeness (QED) is 0.680. The van der Waals surface area contributed by atoms with Crippen LogP contribution in [-0.4, -0.2) is 53.2 Å². The van der Waals surface area contributed by atoms with Crippen LogP contribution in [0.1, 0.15) is 22.5 Å². The predicted octanol–water partition coefficient (Wildman–Crippen LogP) is 0.972. The van der Waals surface area contributed by atoms with E-state index in [4.69, 9.17) is 9.47 Å². The summed E-state index contributed by atoms with van der Waals surface area (Å²) in [6, 6.07) is 12.6. The molecule has 1 fully saturated rings. The lowest BCUT2D eigenvalue weighted by Crippen LogP contribution is -3.13. The third kappa shape index (κ3) is 3.70. The molecule has 1 aromatic heterocycles. The van der Waals surface area contributed by atoms with E-state index < -0.39 is 0 Å². The van der Waals surface area contributed by atoms with Crippen LogP contribution in [0.2, 0.25) is 0 Å². The Morgan fingerprint density at radius 2 is 1.87 bits per heavy atom. The van der Waals surface area contributed by atoms with E-state index in [0.29, 0.717) is 6.54 Å². The summed E-state index contributed by atoms with van der Waals surface area (Å²) in [5, 5.41) is 12.4. The fourth-order valence-corrected chi connectivity index (χ4v) is 4.23. The third-order valence-electron chi connectivity index (χ3n) is 6.17. The van der Waals surface area contributed by atoms with Gasteiger partial charge in [-0.2, -0.15) is 0 Å². The number of benzene rings is 2. The van der Waals surface area contributed by atoms with Crippen LogP contribution < -0.4 is 19.3 Å². The maximum atomic E-state index is 5.48. The van der Waals surface area contributed by atoms with Crippen LogP contribution in [0.3, 0.4) is 0 Å². The molecule has 0 atom stereocenters. The molecule has 0 saturated carbocycles. The molecular formula is C22H27N6O2+. The molecule has 2 aliphatic heterocycles. The number of nitrogens with one attached hydrogen (secondary N) is 1. The Bertz CT molecular complexity index is 1040. The van der Waals surface area contributed by atoms with Crippen molar-refractivity contribution in [3.05, 3.63) is 58.9 Å². The molecule has 0 unspecified atom stereocenters. The second kappa shape index (κ2) is 7.95. The smallest absolute Gasteiger partial charge is 0.231 e. The first-order valence-electron chi connectivity index (χ1n) is 10.5. The summed E-state index contributed by atoms with van der Waals surface area (Å²) >= 11 is 0. The number of hydrogen-bond acceptors (Lipinski definition) is 6. The minimum atomic E-state index is 0.284. The van der Waals surface area contributed by atoms with E-state index in [9.17, 15) is 0 Å². The monoisotopic (exact) mass is 407 g/mol. The highest BCUT2D eigenvalue weighted by Crippen LogP contribution is 2.32. The van der Waals surface area contributed by atoms with Crippen molar-refractivity contribution in [3.63, 3.8) is 0 Å². The van der Waals surface area contributed by atoms with E-state index in [-0.39, 0.29) is 6.79 Å². The van der Waals surface area contributed by atoms with E-state index in [2.05, 4.69) is 52.5 Å². The number of piperazine rings is 1.